The van der Waals surface area contributed by atoms with Gasteiger partial charge in [0.25, 0.3) is 5.95 Å². The maximum atomic E-state index is 11.9. The summed E-state index contributed by atoms with van der Waals surface area (Å²) in [5.41, 5.74) is 0. The first kappa shape index (κ1) is 12.7. The minimum absolute atomic E-state index is 0.108. The molecule has 0 aliphatic carbocycles. The van der Waals surface area contributed by atoms with E-state index < -0.39 is 6.29 Å². The van der Waals surface area contributed by atoms with E-state index in [1.54, 1.807) is 23.1 Å². The van der Waals surface area contributed by atoms with Crippen molar-refractivity contribution < 1.29 is 14.3 Å². The normalized spacial score (nSPS) is 28.2. The van der Waals surface area contributed by atoms with Gasteiger partial charge in [0.15, 0.2) is 5.78 Å². The number of nitrogens with two attached hydrogens (primary N) is 1. The fourth-order valence-corrected chi connectivity index (χ4v) is 2.87. The highest BCUT2D eigenvalue weighted by molar-refractivity contribution is 7.71. The molecule has 110 valence electrons. The molecule has 2 saturated heterocycles. The summed E-state index contributed by atoms with van der Waals surface area (Å²) in [5, 5.41) is 8.47. The average Bonchev–Trinajstić information content (AvgIpc) is 3.18. The molecule has 4 rings (SSSR count). The number of hydrogen-bond acceptors (Lipinski definition) is 7. The number of Topliss-reactive ketones (excluding diaryl/α,β-unsaturated/α-hetero) is 1. The van der Waals surface area contributed by atoms with E-state index in [0.717, 1.165) is 0 Å². The van der Waals surface area contributed by atoms with E-state index >= 15 is 0 Å². The van der Waals surface area contributed by atoms with Crippen molar-refractivity contribution in [1.29, 1.82) is 0 Å². The van der Waals surface area contributed by atoms with Crippen molar-refractivity contribution in [3.63, 3.8) is 0 Å². The summed E-state index contributed by atoms with van der Waals surface area (Å²) in [4.78, 5) is 11.9. The van der Waals surface area contributed by atoms with Gasteiger partial charge in [-0.2, -0.15) is 9.77 Å². The summed E-state index contributed by atoms with van der Waals surface area (Å²) in [6.45, 7) is 0.345. The van der Waals surface area contributed by atoms with Crippen LogP contribution in [-0.4, -0.2) is 49.0 Å². The van der Waals surface area contributed by atoms with E-state index in [4.69, 9.17) is 27.5 Å². The van der Waals surface area contributed by atoms with Gasteiger partial charge in [-0.3, -0.25) is 4.79 Å². The third-order valence-electron chi connectivity index (χ3n) is 3.65. The van der Waals surface area contributed by atoms with Crippen molar-refractivity contribution >= 4 is 18.0 Å². The second kappa shape index (κ2) is 4.48. The number of ether oxygens (including phenoxy) is 2. The quantitative estimate of drug-likeness (QED) is 0.593. The number of rotatable bonds is 2. The topological polar surface area (TPSA) is 102 Å². The Bertz CT molecular complexity index is 751. The largest absolute Gasteiger partial charge is 0.343 e. The second-order valence-corrected chi connectivity index (χ2v) is 5.29. The smallest absolute Gasteiger partial charge is 0.269 e. The highest BCUT2D eigenvalue weighted by Gasteiger charge is 2.45. The molecule has 2 aromatic heterocycles. The molecule has 2 fully saturated rings. The van der Waals surface area contributed by atoms with Crippen molar-refractivity contribution in [2.24, 2.45) is 0 Å². The van der Waals surface area contributed by atoms with E-state index in [1.165, 1.54) is 9.36 Å². The lowest BCUT2D eigenvalue weighted by Crippen LogP contribution is -2.37. The zero-order valence-electron chi connectivity index (χ0n) is 10.8. The Balaban J connectivity index is 1.77. The number of carbonyl (C=O) groups excluding carboxylic acids is 1. The minimum Gasteiger partial charge on any atom is -0.343 e. The zero-order valence-corrected chi connectivity index (χ0v) is 11.6. The molecule has 21 heavy (non-hydrogen) atoms. The van der Waals surface area contributed by atoms with E-state index in [1.807, 2.05) is 0 Å². The Labute approximate surface area is 123 Å². The molecule has 0 spiro atoms. The molecule has 2 bridgehead atoms. The zero-order chi connectivity index (χ0) is 14.6. The molecule has 0 unspecified atom stereocenters. The maximum Gasteiger partial charge on any atom is 0.269 e. The van der Waals surface area contributed by atoms with Crippen LogP contribution in [0.15, 0.2) is 18.5 Å². The molecule has 0 amide bonds. The van der Waals surface area contributed by atoms with Gasteiger partial charge >= 0.3 is 0 Å². The van der Waals surface area contributed by atoms with Gasteiger partial charge in [0.1, 0.15) is 6.10 Å². The van der Waals surface area contributed by atoms with E-state index in [9.17, 15) is 4.79 Å². The van der Waals surface area contributed by atoms with Crippen molar-refractivity contribution in [3.8, 4) is 5.95 Å². The van der Waals surface area contributed by atoms with Gasteiger partial charge in [-0.05, 0) is 18.3 Å². The molecule has 0 aromatic carbocycles. The predicted octanol–water partition coefficient (Wildman–Crippen LogP) is -0.431. The van der Waals surface area contributed by atoms with Crippen LogP contribution in [0, 0.1) is 4.77 Å². The van der Waals surface area contributed by atoms with Crippen LogP contribution in [0.3, 0.4) is 0 Å². The van der Waals surface area contributed by atoms with E-state index in [2.05, 4.69) is 10.2 Å². The summed E-state index contributed by atoms with van der Waals surface area (Å²) in [6.07, 6.45) is 2.59. The van der Waals surface area contributed by atoms with Crippen molar-refractivity contribution in [1.82, 2.24) is 24.2 Å². The van der Waals surface area contributed by atoms with Crippen molar-refractivity contribution in [3.05, 3.63) is 23.2 Å². The van der Waals surface area contributed by atoms with Crippen LogP contribution in [0.1, 0.15) is 12.5 Å². The van der Waals surface area contributed by atoms with Crippen LogP contribution in [-0.2, 0) is 14.3 Å². The number of carbonyl (C=O) groups is 1. The van der Waals surface area contributed by atoms with E-state index in [-0.39, 0.29) is 24.3 Å². The van der Waals surface area contributed by atoms with Crippen LogP contribution in [0.25, 0.3) is 5.95 Å². The van der Waals surface area contributed by atoms with E-state index in [0.29, 0.717) is 17.3 Å². The first-order chi connectivity index (χ1) is 10.1. The molecule has 0 radical (unpaired) electrons. The highest BCUT2D eigenvalue weighted by Crippen LogP contribution is 2.32. The average molecular weight is 308 g/mol. The van der Waals surface area contributed by atoms with Crippen LogP contribution in [0.2, 0.25) is 0 Å². The minimum atomic E-state index is -0.744. The Morgan fingerprint density at radius 1 is 1.48 bits per heavy atom. The fraction of sp³-hybridized carbons (Fsp3) is 0.455. The molecular weight excluding hydrogens is 296 g/mol. The lowest BCUT2D eigenvalue weighted by atomic mass is 10.0. The summed E-state index contributed by atoms with van der Waals surface area (Å²) in [5.74, 6) is 6.21. The van der Waals surface area contributed by atoms with Gasteiger partial charge in [-0.1, -0.05) is 0 Å². The number of ketones is 1. The third kappa shape index (κ3) is 1.83. The van der Waals surface area contributed by atoms with Gasteiger partial charge in [-0.15, -0.1) is 5.10 Å². The van der Waals surface area contributed by atoms with Crippen LogP contribution < -0.4 is 5.84 Å². The lowest BCUT2D eigenvalue weighted by Gasteiger charge is -2.25. The van der Waals surface area contributed by atoms with Gasteiger partial charge in [0.2, 0.25) is 11.1 Å². The third-order valence-corrected chi connectivity index (χ3v) is 4.03. The predicted molar refractivity (Wildman–Crippen MR) is 71.6 cm³/mol. The van der Waals surface area contributed by atoms with Crippen molar-refractivity contribution in [2.75, 3.05) is 12.4 Å². The standard InChI is InChI=1S/C11H12N6O3S/c12-16-10(15-3-1-2-13-15)14-17(11(16)21)6-4-7(18)9-19-5-8(6)20-9/h1-3,6,8-9H,4-5,12H2/t6-,8-,9+/m1/s1. The van der Waals surface area contributed by atoms with Crippen LogP contribution in [0.5, 0.6) is 0 Å². The SMILES string of the molecule is Nn1c(-n2cccn2)nn([C@@H]2CC(=O)[C@H]3OC[C@H]2O3)c1=S. The Morgan fingerprint density at radius 2 is 2.33 bits per heavy atom. The number of aromatic nitrogens is 5. The van der Waals surface area contributed by atoms with Gasteiger partial charge in [-0.25, -0.2) is 9.36 Å². The second-order valence-electron chi connectivity index (χ2n) is 4.93. The molecule has 2 aliphatic rings. The Morgan fingerprint density at radius 3 is 3.10 bits per heavy atom. The number of fused-ring (bicyclic) bond motifs is 2. The Hall–Kier alpha value is -2.04. The van der Waals surface area contributed by atoms with Gasteiger partial charge in [0, 0.05) is 18.8 Å². The monoisotopic (exact) mass is 308 g/mol. The fourth-order valence-electron chi connectivity index (χ4n) is 2.61. The molecule has 10 heteroatoms. The number of nitrogens with zero attached hydrogens (tertiary/aromatic N) is 5. The molecule has 4 heterocycles. The molecule has 2 aromatic rings. The molecular formula is C11H12N6O3S. The summed E-state index contributed by atoms with van der Waals surface area (Å²) >= 11 is 5.31. The molecule has 9 nitrogen and oxygen atoms in total. The lowest BCUT2D eigenvalue weighted by molar-refractivity contribution is -0.156. The first-order valence-corrected chi connectivity index (χ1v) is 6.82. The number of hydrogen-bond donors (Lipinski definition) is 1. The Kier molecular flexibility index (Phi) is 2.71. The van der Waals surface area contributed by atoms with Crippen LogP contribution >= 0.6 is 12.2 Å². The molecule has 2 aliphatic heterocycles. The summed E-state index contributed by atoms with van der Waals surface area (Å²) in [7, 11) is 0. The number of nitrogen functional groups attached to an aromatic ring is 1. The highest BCUT2D eigenvalue weighted by atomic mass is 32.1. The van der Waals surface area contributed by atoms with Crippen molar-refractivity contribution in [2.45, 2.75) is 24.9 Å². The summed E-state index contributed by atoms with van der Waals surface area (Å²) in [6, 6.07) is 1.44. The first-order valence-electron chi connectivity index (χ1n) is 6.41. The molecule has 0 saturated carbocycles. The molecule has 3 atom stereocenters. The van der Waals surface area contributed by atoms with Gasteiger partial charge in [0.05, 0.1) is 12.6 Å². The van der Waals surface area contributed by atoms with Crippen LogP contribution in [0.4, 0.5) is 0 Å². The molecule has 2 N–H and O–H groups in total. The van der Waals surface area contributed by atoms with Gasteiger partial charge < -0.3 is 15.3 Å². The maximum absolute atomic E-state index is 11.9. The summed E-state index contributed by atoms with van der Waals surface area (Å²) < 4.78 is 15.4.